The first kappa shape index (κ1) is 26.8. The third-order valence-electron chi connectivity index (χ3n) is 6.51. The van der Waals surface area contributed by atoms with Gasteiger partial charge in [0.1, 0.15) is 18.4 Å². The maximum atomic E-state index is 12.3. The summed E-state index contributed by atoms with van der Waals surface area (Å²) in [6, 6.07) is 20.6. The molecule has 2 aromatic heterocycles. The summed E-state index contributed by atoms with van der Waals surface area (Å²) in [6.07, 6.45) is 3.57. The quantitative estimate of drug-likeness (QED) is 0.173. The number of amides is 1. The van der Waals surface area contributed by atoms with E-state index < -0.39 is 11.0 Å². The van der Waals surface area contributed by atoms with E-state index in [1.807, 2.05) is 58.1 Å². The Balaban J connectivity index is 1.64. The van der Waals surface area contributed by atoms with E-state index in [-0.39, 0.29) is 24.2 Å². The molecule has 5 rings (SSSR count). The first-order valence-electron chi connectivity index (χ1n) is 12.3. The largest absolute Gasteiger partial charge is 0.495 e. The number of hydrogen-bond donors (Lipinski definition) is 2. The fraction of sp³-hybridized carbons (Fsp3) is 0.179. The van der Waals surface area contributed by atoms with E-state index in [1.165, 1.54) is 26.4 Å². The van der Waals surface area contributed by atoms with E-state index in [2.05, 4.69) is 15.6 Å². The summed E-state index contributed by atoms with van der Waals surface area (Å²) in [4.78, 5) is 29.9. The first-order chi connectivity index (χ1) is 19.4. The molecular weight excluding hydrogens is 532 g/mol. The number of nitrogens with zero attached hydrogens (tertiary/aromatic N) is 4. The summed E-state index contributed by atoms with van der Waals surface area (Å²) in [6.45, 7) is -0.113. The number of rotatable bonds is 9. The van der Waals surface area contributed by atoms with Gasteiger partial charge in [0, 0.05) is 43.0 Å². The summed E-state index contributed by atoms with van der Waals surface area (Å²) < 4.78 is 12.3. The number of nitrogens with one attached hydrogen (secondary N) is 2. The summed E-state index contributed by atoms with van der Waals surface area (Å²) >= 11 is 5.85. The van der Waals surface area contributed by atoms with Gasteiger partial charge in [0.2, 0.25) is 5.91 Å². The molecule has 1 fully saturated rings. The average Bonchev–Trinajstić information content (AvgIpc) is 3.58. The minimum absolute atomic E-state index is 0.0121. The Bertz CT molecular complexity index is 1560. The molecule has 11 nitrogen and oxygen atoms in total. The minimum atomic E-state index is -0.418. The van der Waals surface area contributed by atoms with Crippen molar-refractivity contribution in [1.29, 1.82) is 0 Å². The lowest BCUT2D eigenvalue weighted by molar-refractivity contribution is -0.384. The van der Waals surface area contributed by atoms with Gasteiger partial charge in [-0.2, -0.15) is 0 Å². The molecule has 0 radical (unpaired) electrons. The zero-order valence-electron chi connectivity index (χ0n) is 21.7. The van der Waals surface area contributed by atoms with Gasteiger partial charge in [-0.1, -0.05) is 12.1 Å². The van der Waals surface area contributed by atoms with Crippen molar-refractivity contribution in [3.05, 3.63) is 107 Å². The van der Waals surface area contributed by atoms with Gasteiger partial charge in [-0.3, -0.25) is 19.9 Å². The van der Waals surface area contributed by atoms with Crippen LogP contribution in [0, 0.1) is 10.1 Å². The fourth-order valence-electron chi connectivity index (χ4n) is 4.82. The number of methoxy groups -OCH3 is 2. The zero-order chi connectivity index (χ0) is 28.2. The van der Waals surface area contributed by atoms with Crippen LogP contribution in [0.1, 0.15) is 23.5 Å². The van der Waals surface area contributed by atoms with Crippen molar-refractivity contribution < 1.29 is 19.2 Å². The van der Waals surface area contributed by atoms with Crippen LogP contribution in [-0.2, 0) is 9.53 Å². The molecule has 2 atom stereocenters. The lowest BCUT2D eigenvalue weighted by Crippen LogP contribution is -2.30. The van der Waals surface area contributed by atoms with Gasteiger partial charge in [0.25, 0.3) is 5.69 Å². The molecule has 1 amide bonds. The van der Waals surface area contributed by atoms with Gasteiger partial charge in [0.15, 0.2) is 5.11 Å². The van der Waals surface area contributed by atoms with Crippen molar-refractivity contribution in [3.63, 3.8) is 0 Å². The Labute approximate surface area is 235 Å². The Morgan fingerprint density at radius 1 is 1.10 bits per heavy atom. The van der Waals surface area contributed by atoms with Gasteiger partial charge >= 0.3 is 0 Å². The Morgan fingerprint density at radius 3 is 2.67 bits per heavy atom. The molecule has 204 valence electrons. The van der Waals surface area contributed by atoms with Crippen molar-refractivity contribution in [2.24, 2.45) is 0 Å². The molecule has 0 bridgehead atoms. The summed E-state index contributed by atoms with van der Waals surface area (Å²) in [5.41, 5.74) is 3.37. The van der Waals surface area contributed by atoms with Crippen LogP contribution in [0.25, 0.3) is 5.69 Å². The predicted molar refractivity (Wildman–Crippen MR) is 154 cm³/mol. The summed E-state index contributed by atoms with van der Waals surface area (Å²) in [5, 5.41) is 18.2. The topological polar surface area (TPSA) is 124 Å². The maximum Gasteiger partial charge on any atom is 0.271 e. The lowest BCUT2D eigenvalue weighted by Gasteiger charge is -2.29. The number of carbonyl (C=O) groups is 1. The number of anilines is 2. The van der Waals surface area contributed by atoms with E-state index in [0.29, 0.717) is 27.9 Å². The van der Waals surface area contributed by atoms with E-state index in [0.717, 1.165) is 11.4 Å². The van der Waals surface area contributed by atoms with Crippen LogP contribution in [-0.4, -0.2) is 46.3 Å². The van der Waals surface area contributed by atoms with Crippen LogP contribution in [0.4, 0.5) is 17.1 Å². The average molecular weight is 559 g/mol. The summed E-state index contributed by atoms with van der Waals surface area (Å²) in [5.74, 6) is 0.145. The van der Waals surface area contributed by atoms with Gasteiger partial charge in [-0.25, -0.2) is 0 Å². The number of hydrogen-bond acceptors (Lipinski definition) is 7. The Hall–Kier alpha value is -4.81. The van der Waals surface area contributed by atoms with Crippen LogP contribution in [0.2, 0.25) is 0 Å². The second-order valence-electron chi connectivity index (χ2n) is 8.94. The van der Waals surface area contributed by atoms with Crippen LogP contribution < -0.4 is 20.3 Å². The molecule has 2 aromatic carbocycles. The second-order valence-corrected chi connectivity index (χ2v) is 9.33. The van der Waals surface area contributed by atoms with Gasteiger partial charge < -0.3 is 29.6 Å². The number of thiocarbonyl (C=S) groups is 1. The number of aromatic nitrogens is 2. The lowest BCUT2D eigenvalue weighted by atomic mass is 10.0. The highest BCUT2D eigenvalue weighted by Gasteiger charge is 2.42. The molecule has 0 saturated carbocycles. The summed E-state index contributed by atoms with van der Waals surface area (Å²) in [7, 11) is 2.97. The molecule has 2 N–H and O–H groups in total. The number of carbonyl (C=O) groups excluding carboxylic acids is 1. The monoisotopic (exact) mass is 558 g/mol. The van der Waals surface area contributed by atoms with E-state index in [1.54, 1.807) is 24.4 Å². The van der Waals surface area contributed by atoms with E-state index >= 15 is 0 Å². The van der Waals surface area contributed by atoms with E-state index in [4.69, 9.17) is 21.7 Å². The van der Waals surface area contributed by atoms with Crippen molar-refractivity contribution in [3.8, 4) is 11.4 Å². The minimum Gasteiger partial charge on any atom is -0.495 e. The number of benzene rings is 2. The number of nitro benzene ring substituents is 1. The highest BCUT2D eigenvalue weighted by molar-refractivity contribution is 7.80. The van der Waals surface area contributed by atoms with Crippen LogP contribution in [0.3, 0.4) is 0 Å². The standard InChI is InChI=1S/C28H26N6O5S/c1-38-17-25(35)30-22-16-19(11-12-24(22)39-2)33-27(26(31-28(33)40)21-9-3-4-13-29-21)23-10-6-14-32(23)18-7-5-8-20(15-18)34(36)37/h3-16,26-27H,17H2,1-2H3,(H,30,35)(H,31,40)/t26-,27-/m1/s1. The molecule has 1 saturated heterocycles. The molecule has 0 unspecified atom stereocenters. The second kappa shape index (κ2) is 11.5. The zero-order valence-corrected chi connectivity index (χ0v) is 22.5. The molecule has 1 aliphatic heterocycles. The van der Waals surface area contributed by atoms with Crippen LogP contribution in [0.15, 0.2) is 85.2 Å². The molecule has 1 aliphatic rings. The third kappa shape index (κ3) is 5.22. The van der Waals surface area contributed by atoms with Crippen molar-refractivity contribution in [2.75, 3.05) is 31.0 Å². The number of pyridine rings is 1. The molecule has 0 aliphatic carbocycles. The molecule has 0 spiro atoms. The highest BCUT2D eigenvalue weighted by Crippen LogP contribution is 2.44. The number of nitro groups is 1. The number of ether oxygens (including phenoxy) is 2. The Kier molecular flexibility index (Phi) is 7.71. The normalized spacial score (nSPS) is 16.4. The third-order valence-corrected chi connectivity index (χ3v) is 6.83. The SMILES string of the molecule is COCC(=O)Nc1cc(N2C(=S)N[C@H](c3ccccn3)[C@H]2c2cccn2-c2cccc([N+](=O)[O-])c2)ccc1OC. The van der Waals surface area contributed by atoms with Gasteiger partial charge in [-0.05, 0) is 60.7 Å². The smallest absolute Gasteiger partial charge is 0.271 e. The van der Waals surface area contributed by atoms with Crippen molar-refractivity contribution >= 4 is 40.3 Å². The van der Waals surface area contributed by atoms with Crippen LogP contribution in [0.5, 0.6) is 5.75 Å². The fourth-order valence-corrected chi connectivity index (χ4v) is 5.17. The highest BCUT2D eigenvalue weighted by atomic mass is 32.1. The predicted octanol–water partition coefficient (Wildman–Crippen LogP) is 4.55. The van der Waals surface area contributed by atoms with Gasteiger partial charge in [0.05, 0.1) is 35.1 Å². The molecule has 40 heavy (non-hydrogen) atoms. The first-order valence-corrected chi connectivity index (χ1v) is 12.7. The molecular formula is C28H26N6O5S. The molecule has 12 heteroatoms. The Morgan fingerprint density at radius 2 is 1.95 bits per heavy atom. The van der Waals surface area contributed by atoms with Crippen LogP contribution >= 0.6 is 12.2 Å². The van der Waals surface area contributed by atoms with Crippen molar-refractivity contribution in [1.82, 2.24) is 14.9 Å². The maximum absolute atomic E-state index is 12.3. The van der Waals surface area contributed by atoms with Crippen molar-refractivity contribution in [2.45, 2.75) is 12.1 Å². The molecule has 3 heterocycles. The number of non-ortho nitro benzene ring substituents is 1. The van der Waals surface area contributed by atoms with E-state index in [9.17, 15) is 14.9 Å². The van der Waals surface area contributed by atoms with Gasteiger partial charge in [-0.15, -0.1) is 0 Å². The molecule has 4 aromatic rings.